The highest BCUT2D eigenvalue weighted by molar-refractivity contribution is 6.40. The fraction of sp³-hybridized carbons (Fsp3) is 0.120. The van der Waals surface area contributed by atoms with Crippen molar-refractivity contribution in [1.82, 2.24) is 5.43 Å². The number of carbonyl (C=O) groups excluding carboxylic acids is 3. The van der Waals surface area contributed by atoms with Crippen molar-refractivity contribution < 1.29 is 23.9 Å². The molecule has 0 fully saturated rings. The number of halogens is 1. The van der Waals surface area contributed by atoms with E-state index in [0.717, 1.165) is 5.56 Å². The molecular weight excluding hydrogens is 458 g/mol. The summed E-state index contributed by atoms with van der Waals surface area (Å²) in [6.07, 6.45) is 0. The van der Waals surface area contributed by atoms with Gasteiger partial charge >= 0.3 is 17.8 Å². The van der Waals surface area contributed by atoms with E-state index < -0.39 is 17.8 Å². The Kier molecular flexibility index (Phi) is 8.00. The molecular formula is C25H22ClN3O5. The molecule has 3 aromatic carbocycles. The largest absolute Gasteiger partial charge is 0.496 e. The van der Waals surface area contributed by atoms with E-state index in [-0.39, 0.29) is 11.3 Å². The number of anilines is 1. The van der Waals surface area contributed by atoms with Crippen LogP contribution in [0.3, 0.4) is 0 Å². The second-order valence-corrected chi connectivity index (χ2v) is 7.55. The smallest absolute Gasteiger partial charge is 0.347 e. The molecule has 2 amide bonds. The molecule has 0 atom stereocenters. The standard InChI is InChI=1S/C25H22ClN3O5/c1-15-12-13-17(14-20(15)26)27-23(30)24(31)29-28-16(2)18-8-4-7-11-22(18)34-25(32)19-9-5-6-10-21(19)33-3/h4-14H,1-3H3,(H,27,30)(H,29,31). The minimum Gasteiger partial charge on any atom is -0.496 e. The average Bonchev–Trinajstić information content (AvgIpc) is 2.84. The monoisotopic (exact) mass is 479 g/mol. The van der Waals surface area contributed by atoms with Crippen LogP contribution in [0.2, 0.25) is 5.02 Å². The maximum absolute atomic E-state index is 12.7. The van der Waals surface area contributed by atoms with Crippen LogP contribution < -0.4 is 20.2 Å². The highest BCUT2D eigenvalue weighted by Crippen LogP contribution is 2.24. The van der Waals surface area contributed by atoms with E-state index in [4.69, 9.17) is 21.1 Å². The van der Waals surface area contributed by atoms with Crippen LogP contribution in [0.25, 0.3) is 0 Å². The van der Waals surface area contributed by atoms with Gasteiger partial charge < -0.3 is 14.8 Å². The predicted molar refractivity (Wildman–Crippen MR) is 130 cm³/mol. The van der Waals surface area contributed by atoms with Gasteiger partial charge in [0.25, 0.3) is 0 Å². The number of rotatable bonds is 6. The minimum absolute atomic E-state index is 0.229. The molecule has 0 unspecified atom stereocenters. The van der Waals surface area contributed by atoms with Gasteiger partial charge in [0.15, 0.2) is 0 Å². The molecule has 0 heterocycles. The summed E-state index contributed by atoms with van der Waals surface area (Å²) >= 11 is 6.04. The molecule has 0 bridgehead atoms. The number of nitrogens with one attached hydrogen (secondary N) is 2. The van der Waals surface area contributed by atoms with Crippen molar-refractivity contribution in [3.05, 3.63) is 88.4 Å². The molecule has 9 heteroatoms. The van der Waals surface area contributed by atoms with Gasteiger partial charge in [0.2, 0.25) is 0 Å². The number of benzene rings is 3. The molecule has 0 saturated heterocycles. The van der Waals surface area contributed by atoms with Crippen molar-refractivity contribution in [2.24, 2.45) is 5.10 Å². The zero-order chi connectivity index (χ0) is 24.7. The van der Waals surface area contributed by atoms with Crippen molar-refractivity contribution in [2.75, 3.05) is 12.4 Å². The van der Waals surface area contributed by atoms with Crippen LogP contribution in [0.1, 0.15) is 28.4 Å². The van der Waals surface area contributed by atoms with E-state index >= 15 is 0 Å². The van der Waals surface area contributed by atoms with Gasteiger partial charge in [-0.15, -0.1) is 0 Å². The lowest BCUT2D eigenvalue weighted by molar-refractivity contribution is -0.136. The van der Waals surface area contributed by atoms with Gasteiger partial charge in [-0.3, -0.25) is 9.59 Å². The fourth-order valence-corrected chi connectivity index (χ4v) is 3.11. The Bertz CT molecular complexity index is 1270. The molecule has 34 heavy (non-hydrogen) atoms. The number of ether oxygens (including phenoxy) is 2. The van der Waals surface area contributed by atoms with Crippen molar-refractivity contribution in [2.45, 2.75) is 13.8 Å². The van der Waals surface area contributed by atoms with Gasteiger partial charge in [0.1, 0.15) is 17.1 Å². The molecule has 0 aromatic heterocycles. The van der Waals surface area contributed by atoms with Gasteiger partial charge in [0.05, 0.1) is 12.8 Å². The van der Waals surface area contributed by atoms with Gasteiger partial charge in [-0.05, 0) is 55.8 Å². The number of esters is 1. The summed E-state index contributed by atoms with van der Waals surface area (Å²) in [5, 5.41) is 6.90. The number of carbonyl (C=O) groups is 3. The summed E-state index contributed by atoms with van der Waals surface area (Å²) in [5.74, 6) is -1.89. The van der Waals surface area contributed by atoms with Gasteiger partial charge in [-0.25, -0.2) is 10.2 Å². The first-order valence-electron chi connectivity index (χ1n) is 10.2. The third-order valence-corrected chi connectivity index (χ3v) is 5.17. The summed E-state index contributed by atoms with van der Waals surface area (Å²) < 4.78 is 10.8. The Hall–Kier alpha value is -4.17. The second-order valence-electron chi connectivity index (χ2n) is 7.14. The molecule has 0 spiro atoms. The van der Waals surface area contributed by atoms with Crippen molar-refractivity contribution >= 4 is 40.8 Å². The van der Waals surface area contributed by atoms with Crippen LogP contribution in [-0.2, 0) is 9.59 Å². The molecule has 0 aliphatic carbocycles. The second kappa shape index (κ2) is 11.1. The lowest BCUT2D eigenvalue weighted by Crippen LogP contribution is -2.33. The molecule has 0 aliphatic rings. The van der Waals surface area contributed by atoms with Gasteiger partial charge in [-0.2, -0.15) is 5.10 Å². The number of hydrogen-bond acceptors (Lipinski definition) is 6. The Labute approximate surface area is 201 Å². The van der Waals surface area contributed by atoms with Crippen LogP contribution >= 0.6 is 11.6 Å². The maximum atomic E-state index is 12.7. The molecule has 8 nitrogen and oxygen atoms in total. The third kappa shape index (κ3) is 5.99. The maximum Gasteiger partial charge on any atom is 0.347 e. The Morgan fingerprint density at radius 3 is 2.21 bits per heavy atom. The van der Waals surface area contributed by atoms with Gasteiger partial charge in [0, 0.05) is 16.3 Å². The number of hydrogen-bond donors (Lipinski definition) is 2. The summed E-state index contributed by atoms with van der Waals surface area (Å²) in [4.78, 5) is 37.0. The molecule has 3 aromatic rings. The molecule has 2 N–H and O–H groups in total. The quantitative estimate of drug-likeness (QED) is 0.180. The first-order valence-corrected chi connectivity index (χ1v) is 10.5. The van der Waals surface area contributed by atoms with E-state index in [2.05, 4.69) is 15.8 Å². The molecule has 3 rings (SSSR count). The summed E-state index contributed by atoms with van der Waals surface area (Å²) in [7, 11) is 1.46. The number of para-hydroxylation sites is 2. The zero-order valence-corrected chi connectivity index (χ0v) is 19.5. The number of methoxy groups -OCH3 is 1. The third-order valence-electron chi connectivity index (χ3n) is 4.77. The van der Waals surface area contributed by atoms with E-state index in [9.17, 15) is 14.4 Å². The Balaban J connectivity index is 1.70. The van der Waals surface area contributed by atoms with E-state index in [1.807, 2.05) is 6.92 Å². The Morgan fingerprint density at radius 2 is 1.53 bits per heavy atom. The summed E-state index contributed by atoms with van der Waals surface area (Å²) in [6, 6.07) is 18.3. The van der Waals surface area contributed by atoms with Gasteiger partial charge in [-0.1, -0.05) is 41.9 Å². The first-order chi connectivity index (χ1) is 16.3. The highest BCUT2D eigenvalue weighted by Gasteiger charge is 2.18. The molecule has 0 aliphatic heterocycles. The number of aryl methyl sites for hydroxylation is 1. The summed E-state index contributed by atoms with van der Waals surface area (Å²) in [5.41, 5.74) is 4.46. The van der Waals surface area contributed by atoms with E-state index in [1.165, 1.54) is 7.11 Å². The number of nitrogens with zero attached hydrogens (tertiary/aromatic N) is 1. The van der Waals surface area contributed by atoms with Crippen molar-refractivity contribution in [3.63, 3.8) is 0 Å². The zero-order valence-electron chi connectivity index (χ0n) is 18.7. The van der Waals surface area contributed by atoms with Crippen LogP contribution in [-0.4, -0.2) is 30.6 Å². The number of amides is 2. The number of hydrazone groups is 1. The predicted octanol–water partition coefficient (Wildman–Crippen LogP) is 4.36. The van der Waals surface area contributed by atoms with E-state index in [0.29, 0.717) is 27.7 Å². The van der Waals surface area contributed by atoms with Crippen molar-refractivity contribution in [1.29, 1.82) is 0 Å². The minimum atomic E-state index is -0.973. The molecule has 174 valence electrons. The van der Waals surface area contributed by atoms with E-state index in [1.54, 1.807) is 73.7 Å². The van der Waals surface area contributed by atoms with Crippen LogP contribution in [0, 0.1) is 6.92 Å². The fourth-order valence-electron chi connectivity index (χ4n) is 2.93. The van der Waals surface area contributed by atoms with Crippen LogP contribution in [0.15, 0.2) is 71.8 Å². The van der Waals surface area contributed by atoms with Crippen LogP contribution in [0.4, 0.5) is 5.69 Å². The highest BCUT2D eigenvalue weighted by atomic mass is 35.5. The lowest BCUT2D eigenvalue weighted by Gasteiger charge is -2.12. The SMILES string of the molecule is COc1ccccc1C(=O)Oc1ccccc1C(C)=NNC(=O)C(=O)Nc1ccc(C)c(Cl)c1. The lowest BCUT2D eigenvalue weighted by atomic mass is 10.1. The molecule has 0 saturated carbocycles. The Morgan fingerprint density at radius 1 is 0.882 bits per heavy atom. The normalized spacial score (nSPS) is 10.9. The van der Waals surface area contributed by atoms with Crippen molar-refractivity contribution in [3.8, 4) is 11.5 Å². The summed E-state index contributed by atoms with van der Waals surface area (Å²) in [6.45, 7) is 3.43. The average molecular weight is 480 g/mol. The first kappa shape index (κ1) is 24.5. The van der Waals surface area contributed by atoms with Crippen LogP contribution in [0.5, 0.6) is 11.5 Å². The molecule has 0 radical (unpaired) electrons. The topological polar surface area (TPSA) is 106 Å².